The predicted molar refractivity (Wildman–Crippen MR) is 41.9 cm³/mol. The minimum atomic E-state index is -0.833. The van der Waals surface area contributed by atoms with Crippen molar-refractivity contribution in [2.75, 3.05) is 0 Å². The first-order valence-corrected chi connectivity index (χ1v) is 3.08. The lowest BCUT2D eigenvalue weighted by Crippen LogP contribution is -2.16. The van der Waals surface area contributed by atoms with Gasteiger partial charge >= 0.3 is 0 Å². The van der Waals surface area contributed by atoms with E-state index in [9.17, 15) is 0 Å². The summed E-state index contributed by atoms with van der Waals surface area (Å²) in [5.74, 6) is -1.01. The topological polar surface area (TPSA) is 139 Å². The summed E-state index contributed by atoms with van der Waals surface area (Å²) >= 11 is 0. The van der Waals surface area contributed by atoms with Gasteiger partial charge in [-0.2, -0.15) is 0 Å². The van der Waals surface area contributed by atoms with Crippen molar-refractivity contribution in [2.45, 2.75) is 6.92 Å². The molecule has 0 aliphatic rings. The molecular formula is C5H8N6O2. The zero-order valence-electron chi connectivity index (χ0n) is 6.80. The Hall–Kier alpha value is -2.12. The largest absolute Gasteiger partial charge is 0.481 e. The van der Waals surface area contributed by atoms with Gasteiger partial charge in [0.2, 0.25) is 5.82 Å². The molecular weight excluding hydrogens is 176 g/mol. The molecule has 0 bridgehead atoms. The van der Waals surface area contributed by atoms with Crippen LogP contribution < -0.4 is 5.73 Å². The molecule has 13 heavy (non-hydrogen) atoms. The van der Waals surface area contributed by atoms with Crippen LogP contribution in [0.5, 0.6) is 0 Å². The summed E-state index contributed by atoms with van der Waals surface area (Å²) in [6.45, 7) is 1.08. The Morgan fingerprint density at radius 1 is 1.54 bits per heavy atom. The van der Waals surface area contributed by atoms with Crippen molar-refractivity contribution < 1.29 is 9.90 Å². The third-order valence-electron chi connectivity index (χ3n) is 0.649. The average Bonchev–Trinajstić information content (AvgIpc) is 2.05. The predicted octanol–water partition coefficient (Wildman–Crippen LogP) is -1.36. The zero-order chi connectivity index (χ0) is 10.3. The maximum Gasteiger partial charge on any atom is 0.300 e. The van der Waals surface area contributed by atoms with Crippen LogP contribution in [-0.2, 0) is 4.79 Å². The molecule has 1 rings (SSSR count). The Bertz CT molecular complexity index is 282. The van der Waals surface area contributed by atoms with Crippen LogP contribution >= 0.6 is 0 Å². The quantitative estimate of drug-likeness (QED) is 0.361. The van der Waals surface area contributed by atoms with E-state index in [1.165, 1.54) is 6.33 Å². The fourth-order valence-electron chi connectivity index (χ4n) is 0.312. The number of hydrogen-bond acceptors (Lipinski definition) is 6. The molecule has 0 spiro atoms. The van der Waals surface area contributed by atoms with Crippen molar-refractivity contribution in [1.82, 2.24) is 20.4 Å². The molecule has 0 amide bonds. The number of aromatic nitrogens is 4. The van der Waals surface area contributed by atoms with Gasteiger partial charge in [0.05, 0.1) is 0 Å². The minimum absolute atomic E-state index is 0.0532. The molecule has 0 saturated heterocycles. The average molecular weight is 184 g/mol. The fraction of sp³-hybridized carbons (Fsp3) is 0.200. The van der Waals surface area contributed by atoms with E-state index >= 15 is 0 Å². The molecule has 1 aromatic rings. The number of hydrogen-bond donors (Lipinski definition) is 3. The highest BCUT2D eigenvalue weighted by Crippen LogP contribution is 1.75. The van der Waals surface area contributed by atoms with Gasteiger partial charge in [-0.25, -0.2) is 0 Å². The number of nitrogens with two attached hydrogens (primary N) is 1. The third-order valence-corrected chi connectivity index (χ3v) is 0.649. The molecule has 0 saturated carbocycles. The van der Waals surface area contributed by atoms with E-state index in [1.807, 2.05) is 0 Å². The Morgan fingerprint density at radius 3 is 2.15 bits per heavy atom. The molecule has 0 radical (unpaired) electrons. The second kappa shape index (κ2) is 5.52. The summed E-state index contributed by atoms with van der Waals surface area (Å²) in [5, 5.41) is 27.8. The minimum Gasteiger partial charge on any atom is -0.481 e. The highest BCUT2D eigenvalue weighted by Gasteiger charge is 1.96. The van der Waals surface area contributed by atoms with Crippen LogP contribution in [0.3, 0.4) is 0 Å². The summed E-state index contributed by atoms with van der Waals surface area (Å²) in [4.78, 5) is 9.00. The van der Waals surface area contributed by atoms with E-state index in [2.05, 4.69) is 20.4 Å². The van der Waals surface area contributed by atoms with Crippen LogP contribution in [0.2, 0.25) is 0 Å². The van der Waals surface area contributed by atoms with Gasteiger partial charge in [0.1, 0.15) is 0 Å². The molecule has 0 unspecified atom stereocenters. The Balaban J connectivity index is 0.000000310. The summed E-state index contributed by atoms with van der Waals surface area (Å²) < 4.78 is 0. The van der Waals surface area contributed by atoms with Crippen molar-refractivity contribution >= 4 is 11.8 Å². The van der Waals surface area contributed by atoms with Crippen LogP contribution in [0.4, 0.5) is 0 Å². The van der Waals surface area contributed by atoms with Gasteiger partial charge in [-0.1, -0.05) is 0 Å². The molecule has 70 valence electrons. The molecule has 1 aromatic heterocycles. The Kier molecular flexibility index (Phi) is 4.62. The van der Waals surface area contributed by atoms with Gasteiger partial charge in [-0.05, 0) is 0 Å². The van der Waals surface area contributed by atoms with E-state index < -0.39 is 5.97 Å². The second-order valence-corrected chi connectivity index (χ2v) is 1.80. The SMILES string of the molecule is CC(=O)O.N=C(N)c1nncnn1. The summed E-state index contributed by atoms with van der Waals surface area (Å²) in [6.07, 6.45) is 1.17. The molecule has 0 atom stereocenters. The number of carboxylic acid groups (broad SMARTS) is 1. The number of carboxylic acids is 1. The van der Waals surface area contributed by atoms with Crippen molar-refractivity contribution in [3.8, 4) is 0 Å². The molecule has 8 nitrogen and oxygen atoms in total. The number of nitrogen functional groups attached to an aromatic ring is 1. The number of rotatable bonds is 1. The summed E-state index contributed by atoms with van der Waals surface area (Å²) in [6, 6.07) is 0. The molecule has 1 heterocycles. The number of amidine groups is 1. The lowest BCUT2D eigenvalue weighted by molar-refractivity contribution is -0.134. The molecule has 0 aliphatic heterocycles. The van der Waals surface area contributed by atoms with Gasteiger partial charge in [0.15, 0.2) is 12.2 Å². The third kappa shape index (κ3) is 6.28. The highest BCUT2D eigenvalue weighted by atomic mass is 16.4. The zero-order valence-corrected chi connectivity index (χ0v) is 6.80. The van der Waals surface area contributed by atoms with Gasteiger partial charge < -0.3 is 10.8 Å². The first-order valence-electron chi connectivity index (χ1n) is 3.08. The number of aliphatic carboxylic acids is 1. The Morgan fingerprint density at radius 2 is 1.92 bits per heavy atom. The van der Waals surface area contributed by atoms with Crippen molar-refractivity contribution in [1.29, 1.82) is 5.41 Å². The van der Waals surface area contributed by atoms with Gasteiger partial charge in [-0.3, -0.25) is 10.2 Å². The van der Waals surface area contributed by atoms with Crippen LogP contribution in [0, 0.1) is 5.41 Å². The first kappa shape index (κ1) is 10.9. The van der Waals surface area contributed by atoms with E-state index in [-0.39, 0.29) is 11.7 Å². The molecule has 0 aliphatic carbocycles. The first-order chi connectivity index (χ1) is 6.04. The smallest absolute Gasteiger partial charge is 0.300 e. The van der Waals surface area contributed by atoms with Crippen molar-refractivity contribution in [2.24, 2.45) is 5.73 Å². The lowest BCUT2D eigenvalue weighted by Gasteiger charge is -1.88. The summed E-state index contributed by atoms with van der Waals surface area (Å²) in [5.41, 5.74) is 4.99. The van der Waals surface area contributed by atoms with E-state index in [4.69, 9.17) is 21.0 Å². The van der Waals surface area contributed by atoms with Gasteiger partial charge in [0, 0.05) is 6.92 Å². The molecule has 0 fully saturated rings. The Labute approximate surface area is 73.3 Å². The fourth-order valence-corrected chi connectivity index (χ4v) is 0.312. The highest BCUT2D eigenvalue weighted by molar-refractivity contribution is 5.90. The van der Waals surface area contributed by atoms with Crippen molar-refractivity contribution in [3.05, 3.63) is 12.2 Å². The second-order valence-electron chi connectivity index (χ2n) is 1.80. The monoisotopic (exact) mass is 184 g/mol. The van der Waals surface area contributed by atoms with E-state index in [0.717, 1.165) is 6.92 Å². The lowest BCUT2D eigenvalue weighted by atomic mass is 10.6. The van der Waals surface area contributed by atoms with Gasteiger partial charge in [-0.15, -0.1) is 20.4 Å². The number of carbonyl (C=O) groups is 1. The van der Waals surface area contributed by atoms with Crippen LogP contribution in [-0.4, -0.2) is 37.3 Å². The maximum atomic E-state index is 9.00. The normalized spacial score (nSPS) is 8.08. The van der Waals surface area contributed by atoms with Crippen molar-refractivity contribution in [3.63, 3.8) is 0 Å². The standard InChI is InChI=1S/C3H4N6.C2H4O2/c4-2(5)3-8-6-1-7-9-3;1-2(3)4/h1H,(H3,4,5);1H3,(H,3,4). The maximum absolute atomic E-state index is 9.00. The van der Waals surface area contributed by atoms with Crippen LogP contribution in [0.25, 0.3) is 0 Å². The van der Waals surface area contributed by atoms with E-state index in [1.54, 1.807) is 0 Å². The molecule has 4 N–H and O–H groups in total. The number of nitrogens with one attached hydrogen (secondary N) is 1. The van der Waals surface area contributed by atoms with E-state index in [0.29, 0.717) is 0 Å². The summed E-state index contributed by atoms with van der Waals surface area (Å²) in [7, 11) is 0. The molecule has 0 aromatic carbocycles. The molecule has 8 heteroatoms. The number of nitrogens with zero attached hydrogens (tertiary/aromatic N) is 4. The van der Waals surface area contributed by atoms with Crippen LogP contribution in [0.15, 0.2) is 6.33 Å². The van der Waals surface area contributed by atoms with Gasteiger partial charge in [0.25, 0.3) is 5.97 Å². The van der Waals surface area contributed by atoms with Crippen LogP contribution in [0.1, 0.15) is 12.7 Å².